The molecule has 1 fully saturated rings. The van der Waals surface area contributed by atoms with Crippen LogP contribution in [0, 0.1) is 18.3 Å². The van der Waals surface area contributed by atoms with E-state index in [-0.39, 0.29) is 17.7 Å². The Morgan fingerprint density at radius 3 is 3.04 bits per heavy atom. The number of aryl methyl sites for hydroxylation is 2. The first-order valence-corrected chi connectivity index (χ1v) is 7.98. The van der Waals surface area contributed by atoms with Crippen LogP contribution >= 0.6 is 0 Å². The molecule has 3 heterocycles. The topological polar surface area (TPSA) is 75.1 Å². The molecule has 2 aromatic rings. The highest BCUT2D eigenvalue weighted by atomic mass is 16.3. The number of likely N-dealkylation sites (tertiary alicyclic amines) is 1. The maximum atomic E-state index is 13.0. The van der Waals surface area contributed by atoms with E-state index in [1.54, 1.807) is 13.1 Å². The molecule has 1 aliphatic heterocycles. The summed E-state index contributed by atoms with van der Waals surface area (Å²) in [5, 5.41) is 8.96. The van der Waals surface area contributed by atoms with Crippen molar-refractivity contribution in [3.8, 4) is 6.07 Å². The van der Waals surface area contributed by atoms with E-state index in [1.807, 2.05) is 17.2 Å². The summed E-state index contributed by atoms with van der Waals surface area (Å²) in [6.45, 7) is 5.32. The lowest BCUT2D eigenvalue weighted by Crippen LogP contribution is -2.39. The Morgan fingerprint density at radius 1 is 1.52 bits per heavy atom. The third-order valence-corrected chi connectivity index (χ3v) is 4.41. The van der Waals surface area contributed by atoms with Gasteiger partial charge in [0.2, 0.25) is 5.76 Å². The Bertz CT molecular complexity index is 753. The highest BCUT2D eigenvalue weighted by Gasteiger charge is 2.32. The Labute approximate surface area is 135 Å². The first kappa shape index (κ1) is 15.3. The minimum absolute atomic E-state index is 0.0222. The summed E-state index contributed by atoms with van der Waals surface area (Å²) >= 11 is 0. The molecular formula is C17H20N4O2. The Hall–Kier alpha value is -2.55. The molecule has 1 saturated heterocycles. The third kappa shape index (κ3) is 2.74. The van der Waals surface area contributed by atoms with Crippen LogP contribution in [0.15, 0.2) is 22.9 Å². The van der Waals surface area contributed by atoms with Gasteiger partial charge in [-0.05, 0) is 33.1 Å². The Kier molecular flexibility index (Phi) is 4.20. The largest absolute Gasteiger partial charge is 0.450 e. The zero-order valence-corrected chi connectivity index (χ0v) is 13.5. The number of hydrogen-bond donors (Lipinski definition) is 0. The number of piperidine rings is 1. The second-order valence-electron chi connectivity index (χ2n) is 5.77. The van der Waals surface area contributed by atoms with E-state index in [0.29, 0.717) is 17.9 Å². The van der Waals surface area contributed by atoms with Crippen molar-refractivity contribution >= 4 is 5.91 Å². The maximum Gasteiger partial charge on any atom is 0.258 e. The summed E-state index contributed by atoms with van der Waals surface area (Å²) in [6, 6.07) is 3.46. The van der Waals surface area contributed by atoms with Gasteiger partial charge in [0.25, 0.3) is 5.91 Å². The number of carbonyl (C=O) groups excluding carboxylic acids is 1. The van der Waals surface area contributed by atoms with E-state index in [9.17, 15) is 4.79 Å². The number of imidazole rings is 1. The van der Waals surface area contributed by atoms with Gasteiger partial charge < -0.3 is 13.9 Å². The SMILES string of the molecule is CCn1ccnc1[C@@H]1CCCCN1C(=O)c1cc(C#N)oc1C. The zero-order valence-electron chi connectivity index (χ0n) is 13.5. The average molecular weight is 312 g/mol. The van der Waals surface area contributed by atoms with Gasteiger partial charge in [0, 0.05) is 31.5 Å². The van der Waals surface area contributed by atoms with Crippen LogP contribution in [0.5, 0.6) is 0 Å². The molecule has 1 amide bonds. The second-order valence-corrected chi connectivity index (χ2v) is 5.77. The third-order valence-electron chi connectivity index (χ3n) is 4.41. The summed E-state index contributed by atoms with van der Waals surface area (Å²) in [5.41, 5.74) is 0.475. The molecule has 0 aromatic carbocycles. The highest BCUT2D eigenvalue weighted by Crippen LogP contribution is 2.32. The van der Waals surface area contributed by atoms with Crippen molar-refractivity contribution in [2.75, 3.05) is 6.54 Å². The maximum absolute atomic E-state index is 13.0. The molecule has 6 nitrogen and oxygen atoms in total. The van der Waals surface area contributed by atoms with Crippen LogP contribution in [0.4, 0.5) is 0 Å². The molecule has 0 bridgehead atoms. The van der Waals surface area contributed by atoms with E-state index in [2.05, 4.69) is 16.5 Å². The first-order valence-electron chi connectivity index (χ1n) is 7.98. The van der Waals surface area contributed by atoms with Crippen molar-refractivity contribution in [1.82, 2.24) is 14.5 Å². The number of carbonyl (C=O) groups is 1. The fourth-order valence-corrected chi connectivity index (χ4v) is 3.23. The van der Waals surface area contributed by atoms with Crippen LogP contribution in [-0.2, 0) is 6.54 Å². The summed E-state index contributed by atoms with van der Waals surface area (Å²) in [4.78, 5) is 19.3. The van der Waals surface area contributed by atoms with Gasteiger partial charge >= 0.3 is 0 Å². The number of hydrogen-bond acceptors (Lipinski definition) is 4. The smallest absolute Gasteiger partial charge is 0.258 e. The van der Waals surface area contributed by atoms with Crippen molar-refractivity contribution in [2.24, 2.45) is 0 Å². The molecule has 3 rings (SSSR count). The Balaban J connectivity index is 1.93. The van der Waals surface area contributed by atoms with Crippen LogP contribution in [0.25, 0.3) is 0 Å². The minimum atomic E-state index is -0.0805. The molecule has 1 aliphatic rings. The molecule has 0 saturated carbocycles. The predicted molar refractivity (Wildman–Crippen MR) is 83.7 cm³/mol. The molecule has 0 aliphatic carbocycles. The average Bonchev–Trinajstić information content (AvgIpc) is 3.20. The zero-order chi connectivity index (χ0) is 16.4. The number of rotatable bonds is 3. The van der Waals surface area contributed by atoms with Crippen LogP contribution in [0.1, 0.15) is 59.9 Å². The number of furan rings is 1. The lowest BCUT2D eigenvalue weighted by atomic mass is 10.00. The standard InChI is InChI=1S/C17H20N4O2/c1-3-20-9-7-19-16(20)15-6-4-5-8-21(15)17(22)14-10-13(11-18)23-12(14)2/h7,9-10,15H,3-6,8H2,1-2H3/t15-/m0/s1. The predicted octanol–water partition coefficient (Wildman–Crippen LogP) is 3.04. The Morgan fingerprint density at radius 2 is 2.35 bits per heavy atom. The molecule has 0 unspecified atom stereocenters. The molecule has 120 valence electrons. The molecular weight excluding hydrogens is 292 g/mol. The van der Waals surface area contributed by atoms with E-state index in [4.69, 9.17) is 9.68 Å². The van der Waals surface area contributed by atoms with Crippen molar-refractivity contribution in [1.29, 1.82) is 5.26 Å². The molecule has 0 radical (unpaired) electrons. The quantitative estimate of drug-likeness (QED) is 0.873. The number of amides is 1. The van der Waals surface area contributed by atoms with Crippen molar-refractivity contribution in [2.45, 2.75) is 45.7 Å². The van der Waals surface area contributed by atoms with Gasteiger partial charge in [-0.15, -0.1) is 0 Å². The van der Waals surface area contributed by atoms with Crippen molar-refractivity contribution in [3.63, 3.8) is 0 Å². The highest BCUT2D eigenvalue weighted by molar-refractivity contribution is 5.95. The monoisotopic (exact) mass is 312 g/mol. The summed E-state index contributed by atoms with van der Waals surface area (Å²) in [5.74, 6) is 1.52. The van der Waals surface area contributed by atoms with Gasteiger partial charge in [-0.1, -0.05) is 0 Å². The molecule has 0 spiro atoms. The normalized spacial score (nSPS) is 18.0. The molecule has 1 atom stereocenters. The van der Waals surface area contributed by atoms with E-state index in [0.717, 1.165) is 31.6 Å². The van der Waals surface area contributed by atoms with Crippen LogP contribution in [0.2, 0.25) is 0 Å². The lowest BCUT2D eigenvalue weighted by Gasteiger charge is -2.35. The van der Waals surface area contributed by atoms with E-state index >= 15 is 0 Å². The number of aromatic nitrogens is 2. The second kappa shape index (κ2) is 6.29. The minimum Gasteiger partial charge on any atom is -0.450 e. The molecule has 2 aromatic heterocycles. The summed E-state index contributed by atoms with van der Waals surface area (Å²) in [7, 11) is 0. The van der Waals surface area contributed by atoms with Gasteiger partial charge in [-0.3, -0.25) is 4.79 Å². The van der Waals surface area contributed by atoms with Crippen molar-refractivity contribution < 1.29 is 9.21 Å². The van der Waals surface area contributed by atoms with Gasteiger partial charge in [0.15, 0.2) is 0 Å². The molecule has 23 heavy (non-hydrogen) atoms. The number of nitriles is 1. The van der Waals surface area contributed by atoms with Crippen LogP contribution < -0.4 is 0 Å². The van der Waals surface area contributed by atoms with Crippen molar-refractivity contribution in [3.05, 3.63) is 41.4 Å². The number of nitrogens with zero attached hydrogens (tertiary/aromatic N) is 4. The van der Waals surface area contributed by atoms with Gasteiger partial charge in [-0.25, -0.2) is 4.98 Å². The van der Waals surface area contributed by atoms with E-state index < -0.39 is 0 Å². The molecule has 0 N–H and O–H groups in total. The first-order chi connectivity index (χ1) is 11.2. The van der Waals surface area contributed by atoms with Crippen LogP contribution in [0.3, 0.4) is 0 Å². The summed E-state index contributed by atoms with van der Waals surface area (Å²) < 4.78 is 7.40. The van der Waals surface area contributed by atoms with E-state index in [1.165, 1.54) is 6.07 Å². The molecule has 6 heteroatoms. The summed E-state index contributed by atoms with van der Waals surface area (Å²) in [6.07, 6.45) is 6.71. The van der Waals surface area contributed by atoms with Gasteiger partial charge in [0.05, 0.1) is 11.6 Å². The fourth-order valence-electron chi connectivity index (χ4n) is 3.23. The lowest BCUT2D eigenvalue weighted by molar-refractivity contribution is 0.0593. The fraction of sp³-hybridized carbons (Fsp3) is 0.471. The van der Waals surface area contributed by atoms with Gasteiger partial charge in [-0.2, -0.15) is 5.26 Å². The van der Waals surface area contributed by atoms with Gasteiger partial charge in [0.1, 0.15) is 17.7 Å². The van der Waals surface area contributed by atoms with Crippen LogP contribution in [-0.4, -0.2) is 26.9 Å².